The number of hydrogen-bond acceptors (Lipinski definition) is 4. The summed E-state index contributed by atoms with van der Waals surface area (Å²) in [7, 11) is 0. The van der Waals surface area contributed by atoms with Crippen LogP contribution in [0.25, 0.3) is 5.65 Å². The van der Waals surface area contributed by atoms with Crippen molar-refractivity contribution in [3.05, 3.63) is 64.2 Å². The van der Waals surface area contributed by atoms with E-state index in [0.29, 0.717) is 16.9 Å². The van der Waals surface area contributed by atoms with Gasteiger partial charge in [0.05, 0.1) is 11.9 Å². The van der Waals surface area contributed by atoms with Gasteiger partial charge >= 0.3 is 0 Å². The molecule has 0 saturated carbocycles. The van der Waals surface area contributed by atoms with E-state index in [1.807, 2.05) is 30.3 Å². The molecule has 0 saturated heterocycles. The molecular formula is C15H15N3O3. The Labute approximate surface area is 120 Å². The number of fused-ring (bicyclic) bond motifs is 1. The Morgan fingerprint density at radius 1 is 1.24 bits per heavy atom. The van der Waals surface area contributed by atoms with E-state index in [1.165, 1.54) is 4.52 Å². The monoisotopic (exact) mass is 285 g/mol. The highest BCUT2D eigenvalue weighted by atomic mass is 16.5. The Balaban J connectivity index is 1.96. The van der Waals surface area contributed by atoms with Gasteiger partial charge in [0.15, 0.2) is 0 Å². The molecule has 3 aromatic rings. The molecule has 0 spiro atoms. The minimum absolute atomic E-state index is 0.103. The lowest BCUT2D eigenvalue weighted by Gasteiger charge is -2.11. The Bertz CT molecular complexity index is 793. The van der Waals surface area contributed by atoms with Gasteiger partial charge in [0.1, 0.15) is 18.0 Å². The molecule has 2 aromatic heterocycles. The van der Waals surface area contributed by atoms with Crippen LogP contribution in [0.1, 0.15) is 11.3 Å². The van der Waals surface area contributed by atoms with Gasteiger partial charge in [0, 0.05) is 24.7 Å². The summed E-state index contributed by atoms with van der Waals surface area (Å²) in [6.07, 6.45) is 1.82. The quantitative estimate of drug-likeness (QED) is 0.736. The van der Waals surface area contributed by atoms with E-state index in [9.17, 15) is 4.79 Å². The molecule has 0 bridgehead atoms. The second kappa shape index (κ2) is 5.80. The number of rotatable bonds is 5. The summed E-state index contributed by atoms with van der Waals surface area (Å²) < 4.78 is 6.97. The Morgan fingerprint density at radius 3 is 2.81 bits per heavy atom. The Morgan fingerprint density at radius 2 is 2.05 bits per heavy atom. The second-order valence-corrected chi connectivity index (χ2v) is 4.59. The van der Waals surface area contributed by atoms with Gasteiger partial charge in [-0.2, -0.15) is 9.61 Å². The number of H-pyrrole nitrogens is 1. The van der Waals surface area contributed by atoms with E-state index in [1.54, 1.807) is 12.3 Å². The molecule has 0 aliphatic carbocycles. The maximum atomic E-state index is 12.3. The lowest BCUT2D eigenvalue weighted by atomic mass is 10.1. The highest BCUT2D eigenvalue weighted by Gasteiger charge is 2.12. The van der Waals surface area contributed by atoms with Crippen LogP contribution in [0.3, 0.4) is 0 Å². The normalized spacial score (nSPS) is 10.9. The van der Waals surface area contributed by atoms with Crippen LogP contribution in [0.4, 0.5) is 0 Å². The third-order valence-corrected chi connectivity index (χ3v) is 3.22. The highest BCUT2D eigenvalue weighted by Crippen LogP contribution is 2.12. The van der Waals surface area contributed by atoms with E-state index in [4.69, 9.17) is 9.84 Å². The number of hydrogen-bond donors (Lipinski definition) is 2. The van der Waals surface area contributed by atoms with Crippen molar-refractivity contribution in [1.82, 2.24) is 14.6 Å². The molecule has 0 aliphatic heterocycles. The van der Waals surface area contributed by atoms with Crippen LogP contribution >= 0.6 is 0 Å². The van der Waals surface area contributed by atoms with E-state index >= 15 is 0 Å². The molecular weight excluding hydrogens is 270 g/mol. The van der Waals surface area contributed by atoms with Crippen molar-refractivity contribution >= 4 is 5.65 Å². The first-order valence-electron chi connectivity index (χ1n) is 6.66. The van der Waals surface area contributed by atoms with Crippen molar-refractivity contribution in [2.45, 2.75) is 13.0 Å². The molecule has 0 unspecified atom stereocenters. The molecule has 6 nitrogen and oxygen atoms in total. The number of aliphatic hydroxyl groups is 1. The van der Waals surface area contributed by atoms with Crippen LogP contribution in [-0.4, -0.2) is 26.3 Å². The maximum Gasteiger partial charge on any atom is 0.277 e. The summed E-state index contributed by atoms with van der Waals surface area (Å²) in [6, 6.07) is 11.1. The maximum absolute atomic E-state index is 12.3. The van der Waals surface area contributed by atoms with Crippen molar-refractivity contribution in [3.8, 4) is 5.75 Å². The second-order valence-electron chi connectivity index (χ2n) is 4.59. The number of nitrogens with zero attached hydrogens (tertiary/aromatic N) is 2. The van der Waals surface area contributed by atoms with Crippen molar-refractivity contribution in [2.24, 2.45) is 0 Å². The predicted octanol–water partition coefficient (Wildman–Crippen LogP) is 1.14. The van der Waals surface area contributed by atoms with Gasteiger partial charge in [-0.05, 0) is 12.1 Å². The van der Waals surface area contributed by atoms with Crippen LogP contribution in [0, 0.1) is 0 Å². The number of aromatic nitrogens is 3. The zero-order valence-electron chi connectivity index (χ0n) is 11.3. The first-order chi connectivity index (χ1) is 10.3. The van der Waals surface area contributed by atoms with E-state index in [0.717, 1.165) is 5.75 Å². The summed E-state index contributed by atoms with van der Waals surface area (Å²) >= 11 is 0. The molecule has 0 amide bonds. The predicted molar refractivity (Wildman–Crippen MR) is 77.4 cm³/mol. The molecule has 6 heteroatoms. The fraction of sp³-hybridized carbons (Fsp3) is 0.200. The zero-order chi connectivity index (χ0) is 14.7. The molecule has 0 atom stereocenters. The van der Waals surface area contributed by atoms with Gasteiger partial charge in [0.25, 0.3) is 5.56 Å². The molecule has 0 aliphatic rings. The molecule has 21 heavy (non-hydrogen) atoms. The van der Waals surface area contributed by atoms with Crippen LogP contribution < -0.4 is 10.3 Å². The van der Waals surface area contributed by atoms with Gasteiger partial charge < -0.3 is 14.8 Å². The zero-order valence-corrected chi connectivity index (χ0v) is 11.3. The Hall–Kier alpha value is -2.60. The smallest absolute Gasteiger partial charge is 0.277 e. The average molecular weight is 285 g/mol. The first-order valence-corrected chi connectivity index (χ1v) is 6.66. The number of aromatic amines is 1. The summed E-state index contributed by atoms with van der Waals surface area (Å²) in [6.45, 7) is 0.129. The molecule has 2 N–H and O–H groups in total. The van der Waals surface area contributed by atoms with Gasteiger partial charge in [-0.3, -0.25) is 4.79 Å². The van der Waals surface area contributed by atoms with Gasteiger partial charge in [-0.25, -0.2) is 0 Å². The summed E-state index contributed by atoms with van der Waals surface area (Å²) in [5.74, 6) is 0.724. The minimum Gasteiger partial charge on any atom is -0.487 e. The Kier molecular flexibility index (Phi) is 3.70. The van der Waals surface area contributed by atoms with Crippen LogP contribution in [0.5, 0.6) is 5.75 Å². The summed E-state index contributed by atoms with van der Waals surface area (Å²) in [4.78, 5) is 15.5. The summed E-state index contributed by atoms with van der Waals surface area (Å²) in [5, 5.41) is 13.1. The lowest BCUT2D eigenvalue weighted by molar-refractivity contribution is 0.287. The summed E-state index contributed by atoms with van der Waals surface area (Å²) in [5.41, 5.74) is 1.53. The minimum atomic E-state index is -0.227. The van der Waals surface area contributed by atoms with Crippen LogP contribution in [0.2, 0.25) is 0 Å². The van der Waals surface area contributed by atoms with Crippen LogP contribution in [-0.2, 0) is 13.0 Å². The number of nitrogens with one attached hydrogen (secondary N) is 1. The SMILES string of the molecule is O=c1c(CCO)c(COc2ccccc2)[nH]c2ccnn12. The highest BCUT2D eigenvalue weighted by molar-refractivity contribution is 5.39. The number of ether oxygens (including phenoxy) is 1. The molecule has 3 rings (SSSR count). The molecule has 0 fully saturated rings. The number of benzene rings is 1. The number of aliphatic hydroxyl groups excluding tert-OH is 1. The van der Waals surface area contributed by atoms with Gasteiger partial charge in [-0.1, -0.05) is 18.2 Å². The lowest BCUT2D eigenvalue weighted by Crippen LogP contribution is -2.24. The molecule has 1 aromatic carbocycles. The fourth-order valence-corrected chi connectivity index (χ4v) is 2.21. The van der Waals surface area contributed by atoms with E-state index in [-0.39, 0.29) is 25.2 Å². The van der Waals surface area contributed by atoms with Gasteiger partial charge in [-0.15, -0.1) is 0 Å². The van der Waals surface area contributed by atoms with Crippen molar-refractivity contribution in [2.75, 3.05) is 6.61 Å². The number of para-hydroxylation sites is 1. The molecule has 108 valence electrons. The van der Waals surface area contributed by atoms with Crippen molar-refractivity contribution in [3.63, 3.8) is 0 Å². The average Bonchev–Trinajstić information content (AvgIpc) is 2.98. The molecule has 0 radical (unpaired) electrons. The molecule has 2 heterocycles. The van der Waals surface area contributed by atoms with Crippen LogP contribution in [0.15, 0.2) is 47.4 Å². The van der Waals surface area contributed by atoms with Crippen molar-refractivity contribution < 1.29 is 9.84 Å². The third-order valence-electron chi connectivity index (χ3n) is 3.22. The largest absolute Gasteiger partial charge is 0.487 e. The standard InChI is InChI=1S/C15H15N3O3/c19-9-7-12-13(10-21-11-4-2-1-3-5-11)17-14-6-8-16-18(14)15(12)20/h1-6,8,17,19H,7,9-10H2. The van der Waals surface area contributed by atoms with E-state index in [2.05, 4.69) is 10.1 Å². The third kappa shape index (κ3) is 2.66. The van der Waals surface area contributed by atoms with Gasteiger partial charge in [0.2, 0.25) is 0 Å². The van der Waals surface area contributed by atoms with Crippen molar-refractivity contribution in [1.29, 1.82) is 0 Å². The topological polar surface area (TPSA) is 79.6 Å². The van der Waals surface area contributed by atoms with E-state index < -0.39 is 0 Å². The fourth-order valence-electron chi connectivity index (χ4n) is 2.21. The first kappa shape index (κ1) is 13.4.